The molecule has 1 aromatic rings. The Labute approximate surface area is 227 Å². The molecule has 2 aliphatic carbocycles. The summed E-state index contributed by atoms with van der Waals surface area (Å²) in [6.07, 6.45) is -7.13. The molecule has 40 heavy (non-hydrogen) atoms. The number of halogens is 7. The van der Waals surface area contributed by atoms with Gasteiger partial charge in [-0.05, 0) is 45.1 Å². The van der Waals surface area contributed by atoms with Crippen LogP contribution in [0.5, 0.6) is 5.75 Å². The number of sulfonamides is 1. The summed E-state index contributed by atoms with van der Waals surface area (Å²) in [4.78, 5) is 12.3. The highest BCUT2D eigenvalue weighted by atomic mass is 32.2. The average Bonchev–Trinajstić information content (AvgIpc) is 3.63. The number of fused-ring (bicyclic) bond motifs is 1. The maximum absolute atomic E-state index is 14.2. The van der Waals surface area contributed by atoms with E-state index >= 15 is 0 Å². The van der Waals surface area contributed by atoms with Crippen LogP contribution in [0.2, 0.25) is 0 Å². The van der Waals surface area contributed by atoms with Crippen molar-refractivity contribution in [1.29, 1.82) is 0 Å². The van der Waals surface area contributed by atoms with E-state index in [1.165, 1.54) is 4.90 Å². The number of anilines is 1. The Morgan fingerprint density at radius 1 is 1.10 bits per heavy atom. The fraction of sp³-hybridized carbons (Fsp3) is 0.720. The third kappa shape index (κ3) is 6.29. The lowest BCUT2D eigenvalue weighted by Gasteiger charge is -2.40. The van der Waals surface area contributed by atoms with E-state index in [4.69, 9.17) is 4.74 Å². The van der Waals surface area contributed by atoms with Crippen molar-refractivity contribution in [1.82, 2.24) is 4.31 Å². The number of carbonyl (C=O) groups is 1. The number of likely N-dealkylation sites (N-methyl/N-ethyl adjacent to an activating group) is 1. The molecule has 0 aromatic heterocycles. The summed E-state index contributed by atoms with van der Waals surface area (Å²) in [7, 11) is -3.44. The van der Waals surface area contributed by atoms with Crippen LogP contribution in [0.25, 0.3) is 0 Å². The molecule has 2 saturated carbocycles. The topological polar surface area (TPSA) is 87.2 Å². The van der Waals surface area contributed by atoms with Crippen LogP contribution in [0.3, 0.4) is 0 Å². The van der Waals surface area contributed by atoms with E-state index in [1.54, 1.807) is 0 Å². The Morgan fingerprint density at radius 2 is 1.70 bits per heavy atom. The molecule has 2 fully saturated rings. The largest absolute Gasteiger partial charge is 0.492 e. The van der Waals surface area contributed by atoms with Crippen molar-refractivity contribution in [3.05, 3.63) is 17.7 Å². The number of rotatable bonds is 8. The maximum Gasteiger partial charge on any atom is 0.420 e. The average molecular weight is 605 g/mol. The normalized spacial score (nSPS) is 24.7. The van der Waals surface area contributed by atoms with Gasteiger partial charge in [0, 0.05) is 51.0 Å². The second-order valence-electron chi connectivity index (χ2n) is 11.2. The lowest BCUT2D eigenvalue weighted by molar-refractivity contribution is -0.144. The summed E-state index contributed by atoms with van der Waals surface area (Å²) < 4.78 is 132. The van der Waals surface area contributed by atoms with Gasteiger partial charge in [0.15, 0.2) is 0 Å². The highest BCUT2D eigenvalue weighted by Gasteiger charge is 2.52. The maximum atomic E-state index is 14.2. The molecule has 15 heteroatoms. The van der Waals surface area contributed by atoms with Gasteiger partial charge in [0.05, 0.1) is 11.3 Å². The van der Waals surface area contributed by atoms with Crippen LogP contribution in [0, 0.1) is 5.41 Å². The molecule has 1 N–H and O–H groups in total. The van der Waals surface area contributed by atoms with Crippen molar-refractivity contribution < 1.29 is 53.8 Å². The van der Waals surface area contributed by atoms with Crippen LogP contribution in [-0.2, 0) is 21.0 Å². The SMILES string of the molecule is CN1[C@H](CCC(C)(F)F)CN(C2CCC(F)(F)CC2)c2cc(C(F)(F)F)c(OCC3(C(=O)O)CC3)cc2S1(=O)=O. The first-order valence-corrected chi connectivity index (χ1v) is 14.3. The highest BCUT2D eigenvalue weighted by molar-refractivity contribution is 7.89. The van der Waals surface area contributed by atoms with Gasteiger partial charge in [-0.3, -0.25) is 4.79 Å². The quantitative estimate of drug-likeness (QED) is 0.379. The van der Waals surface area contributed by atoms with Crippen LogP contribution < -0.4 is 9.64 Å². The van der Waals surface area contributed by atoms with Crippen molar-refractivity contribution in [2.24, 2.45) is 5.41 Å². The van der Waals surface area contributed by atoms with E-state index < -0.39 is 93.6 Å². The van der Waals surface area contributed by atoms with Gasteiger partial charge >= 0.3 is 12.1 Å². The molecule has 1 aromatic carbocycles. The van der Waals surface area contributed by atoms with E-state index in [0.717, 1.165) is 11.4 Å². The standard InChI is InChI=1S/C25H31F7N2O5S/c1-22(26,27)6-3-16-13-34(15-4-7-24(28,29)8-5-15)18-11-17(25(30,31)32)19(12-20(18)40(37,38)33(16)2)39-14-23(9-10-23)21(35)36/h11-12,15-16H,3-10,13-14H2,1-2H3,(H,35,36)/t16-/m1/s1. The number of hydrogen-bond donors (Lipinski definition) is 1. The minimum Gasteiger partial charge on any atom is -0.492 e. The van der Waals surface area contributed by atoms with Gasteiger partial charge in [0.2, 0.25) is 21.9 Å². The Kier molecular flexibility index (Phi) is 7.83. The Balaban J connectivity index is 1.83. The Bertz CT molecular complexity index is 1240. The predicted molar refractivity (Wildman–Crippen MR) is 129 cm³/mol. The van der Waals surface area contributed by atoms with Crippen molar-refractivity contribution in [3.63, 3.8) is 0 Å². The molecular formula is C25H31F7N2O5S. The van der Waals surface area contributed by atoms with Gasteiger partial charge in [-0.2, -0.15) is 17.5 Å². The van der Waals surface area contributed by atoms with E-state index in [2.05, 4.69) is 0 Å². The second kappa shape index (κ2) is 10.2. The fourth-order valence-corrected chi connectivity index (χ4v) is 6.85. The van der Waals surface area contributed by atoms with Crippen LogP contribution in [0.1, 0.15) is 63.9 Å². The van der Waals surface area contributed by atoms with Gasteiger partial charge in [-0.15, -0.1) is 0 Å². The molecule has 0 radical (unpaired) electrons. The number of ether oxygens (including phenoxy) is 1. The van der Waals surface area contributed by atoms with Gasteiger partial charge in [0.25, 0.3) is 0 Å². The van der Waals surface area contributed by atoms with Crippen molar-refractivity contribution in [3.8, 4) is 5.75 Å². The van der Waals surface area contributed by atoms with Crippen molar-refractivity contribution in [2.75, 3.05) is 25.1 Å². The monoisotopic (exact) mass is 604 g/mol. The van der Waals surface area contributed by atoms with Crippen LogP contribution in [0.15, 0.2) is 17.0 Å². The van der Waals surface area contributed by atoms with Gasteiger partial charge in [-0.1, -0.05) is 0 Å². The molecule has 1 aliphatic heterocycles. The summed E-state index contributed by atoms with van der Waals surface area (Å²) in [6, 6.07) is -0.589. The van der Waals surface area contributed by atoms with E-state index in [0.29, 0.717) is 19.1 Å². The molecule has 4 rings (SSSR count). The van der Waals surface area contributed by atoms with Gasteiger partial charge in [-0.25, -0.2) is 26.0 Å². The van der Waals surface area contributed by atoms with Gasteiger partial charge in [0.1, 0.15) is 22.7 Å². The number of hydrogen-bond acceptors (Lipinski definition) is 5. The van der Waals surface area contributed by atoms with Gasteiger partial charge < -0.3 is 14.7 Å². The first-order chi connectivity index (χ1) is 18.3. The lowest BCUT2D eigenvalue weighted by atomic mass is 9.90. The molecule has 0 unspecified atom stereocenters. The Morgan fingerprint density at radius 3 is 2.20 bits per heavy atom. The molecule has 0 amide bonds. The third-order valence-corrected chi connectivity index (χ3v) is 10.0. The molecular weight excluding hydrogens is 573 g/mol. The smallest absolute Gasteiger partial charge is 0.420 e. The van der Waals surface area contributed by atoms with Crippen molar-refractivity contribution >= 4 is 21.7 Å². The van der Waals surface area contributed by atoms with Crippen LogP contribution in [0.4, 0.5) is 36.4 Å². The summed E-state index contributed by atoms with van der Waals surface area (Å²) in [5.41, 5.74) is -3.11. The molecule has 0 bridgehead atoms. The summed E-state index contributed by atoms with van der Waals surface area (Å²) >= 11 is 0. The molecule has 0 saturated heterocycles. The third-order valence-electron chi connectivity index (χ3n) is 8.11. The summed E-state index contributed by atoms with van der Waals surface area (Å²) in [5.74, 6) is -8.26. The zero-order chi connectivity index (χ0) is 29.9. The van der Waals surface area contributed by atoms with E-state index in [9.17, 15) is 49.1 Å². The molecule has 1 atom stereocenters. The van der Waals surface area contributed by atoms with Crippen LogP contribution >= 0.6 is 0 Å². The molecule has 0 spiro atoms. The fourth-order valence-electron chi connectivity index (χ4n) is 5.28. The minimum absolute atomic E-state index is 0.145. The zero-order valence-electron chi connectivity index (χ0n) is 21.9. The summed E-state index contributed by atoms with van der Waals surface area (Å²) in [6.45, 7) is -0.235. The second-order valence-corrected chi connectivity index (χ2v) is 13.2. The van der Waals surface area contributed by atoms with E-state index in [-0.39, 0.29) is 44.3 Å². The zero-order valence-corrected chi connectivity index (χ0v) is 22.7. The van der Waals surface area contributed by atoms with E-state index in [1.807, 2.05) is 0 Å². The first kappa shape index (κ1) is 30.7. The number of alkyl halides is 7. The number of aliphatic carboxylic acids is 1. The van der Waals surface area contributed by atoms with Crippen molar-refractivity contribution in [2.45, 2.75) is 93.3 Å². The molecule has 1 heterocycles. The molecule has 3 aliphatic rings. The molecule has 7 nitrogen and oxygen atoms in total. The lowest BCUT2D eigenvalue weighted by Crippen LogP contribution is -2.47. The Hall–Kier alpha value is -2.29. The first-order valence-electron chi connectivity index (χ1n) is 12.9. The predicted octanol–water partition coefficient (Wildman–Crippen LogP) is 5.77. The number of benzene rings is 1. The van der Waals surface area contributed by atoms with Crippen LogP contribution in [-0.4, -0.2) is 67.9 Å². The molecule has 226 valence electrons. The minimum atomic E-state index is -5.04. The number of carboxylic acid groups (broad SMARTS) is 1. The summed E-state index contributed by atoms with van der Waals surface area (Å²) in [5, 5.41) is 9.39. The highest BCUT2D eigenvalue weighted by Crippen LogP contribution is 2.49. The number of carboxylic acids is 1. The number of nitrogens with zero attached hydrogens (tertiary/aromatic N) is 2.